The Bertz CT molecular complexity index is 759. The van der Waals surface area contributed by atoms with Crippen LogP contribution in [0.5, 0.6) is 0 Å². The molecule has 0 aromatic heterocycles. The molecule has 0 aromatic carbocycles. The predicted molar refractivity (Wildman–Crippen MR) is 116 cm³/mol. The number of nitrogens with zero attached hydrogens (tertiary/aromatic N) is 2. The minimum absolute atomic E-state index is 0.149. The van der Waals surface area contributed by atoms with E-state index in [2.05, 4.69) is 29.5 Å². The maximum atomic E-state index is 12.8. The van der Waals surface area contributed by atoms with Crippen LogP contribution in [0.1, 0.15) is 71.6 Å². The van der Waals surface area contributed by atoms with Gasteiger partial charge < -0.3 is 15.0 Å². The first-order valence-electron chi connectivity index (χ1n) is 12.0. The van der Waals surface area contributed by atoms with Crippen molar-refractivity contribution in [2.45, 2.75) is 77.7 Å². The minimum Gasteiger partial charge on any atom is -0.399 e. The van der Waals surface area contributed by atoms with Gasteiger partial charge in [0.1, 0.15) is 19.0 Å². The van der Waals surface area contributed by atoms with Crippen LogP contribution in [0.3, 0.4) is 0 Å². The highest BCUT2D eigenvalue weighted by atomic mass is 16.6. The summed E-state index contributed by atoms with van der Waals surface area (Å²) >= 11 is 0. The fourth-order valence-corrected chi connectivity index (χ4v) is 7.70. The van der Waals surface area contributed by atoms with Crippen molar-refractivity contribution >= 4 is 17.2 Å². The van der Waals surface area contributed by atoms with Crippen LogP contribution in [0.15, 0.2) is 10.3 Å². The average Bonchev–Trinajstić information content (AvgIpc) is 3.35. The molecular weight excluding hydrogens is 378 g/mol. The highest BCUT2D eigenvalue weighted by molar-refractivity contribution is 5.94. The monoisotopic (exact) mass is 415 g/mol. The van der Waals surface area contributed by atoms with Crippen molar-refractivity contribution in [3.8, 4) is 0 Å². The second kappa shape index (κ2) is 7.61. The summed E-state index contributed by atoms with van der Waals surface area (Å²) in [6.45, 7) is 6.67. The lowest BCUT2D eigenvalue weighted by atomic mass is 9.45. The van der Waals surface area contributed by atoms with Crippen molar-refractivity contribution in [1.82, 2.24) is 5.32 Å². The highest BCUT2D eigenvalue weighted by Crippen LogP contribution is 2.64. The molecule has 0 radical (unpaired) electrons. The normalized spacial score (nSPS) is 48.4. The summed E-state index contributed by atoms with van der Waals surface area (Å²) in [4.78, 5) is 23.9. The van der Waals surface area contributed by atoms with Crippen LogP contribution in [0.25, 0.3) is 0 Å². The predicted octanol–water partition coefficient (Wildman–Crippen LogP) is 3.95. The van der Waals surface area contributed by atoms with Crippen molar-refractivity contribution < 1.29 is 14.5 Å². The number of hydrogen-bond acceptors (Lipinski definition) is 6. The molecule has 5 rings (SSSR count). The first-order chi connectivity index (χ1) is 14.5. The molecule has 30 heavy (non-hydrogen) atoms. The Morgan fingerprint density at radius 2 is 1.90 bits per heavy atom. The van der Waals surface area contributed by atoms with Crippen LogP contribution in [-0.2, 0) is 14.5 Å². The van der Waals surface area contributed by atoms with E-state index in [4.69, 9.17) is 9.68 Å². The molecule has 0 aromatic rings. The smallest absolute Gasteiger partial charge is 0.141 e. The molecule has 4 saturated carbocycles. The summed E-state index contributed by atoms with van der Waals surface area (Å²) in [6, 6.07) is 0. The van der Waals surface area contributed by atoms with Gasteiger partial charge in [-0.05, 0) is 74.7 Å². The maximum Gasteiger partial charge on any atom is 0.141 e. The SMILES string of the molecule is CO/N=C1\CC2CC(=NO[C@@H]3CCNC3)CC[C@]2(C)[C@H]2CC[C@]3(C)C(=O)CC[C@H]3[C@H]12. The van der Waals surface area contributed by atoms with E-state index in [0.29, 0.717) is 34.9 Å². The summed E-state index contributed by atoms with van der Waals surface area (Å²) < 4.78 is 0. The van der Waals surface area contributed by atoms with Gasteiger partial charge in [0.2, 0.25) is 0 Å². The largest absolute Gasteiger partial charge is 0.399 e. The zero-order valence-corrected chi connectivity index (χ0v) is 18.8. The summed E-state index contributed by atoms with van der Waals surface area (Å²) in [7, 11) is 1.66. The van der Waals surface area contributed by atoms with Gasteiger partial charge in [-0.3, -0.25) is 4.79 Å². The molecule has 166 valence electrons. The van der Waals surface area contributed by atoms with E-state index in [-0.39, 0.29) is 11.5 Å². The fourth-order valence-electron chi connectivity index (χ4n) is 7.70. The Morgan fingerprint density at radius 3 is 2.67 bits per heavy atom. The third-order valence-corrected chi connectivity index (χ3v) is 9.59. The van der Waals surface area contributed by atoms with E-state index in [0.717, 1.165) is 64.5 Å². The van der Waals surface area contributed by atoms with Crippen LogP contribution in [0.4, 0.5) is 0 Å². The topological polar surface area (TPSA) is 72.3 Å². The number of carbonyl (C=O) groups is 1. The molecule has 0 amide bonds. The first kappa shape index (κ1) is 20.5. The molecule has 0 spiro atoms. The maximum absolute atomic E-state index is 12.8. The van der Waals surface area contributed by atoms with Gasteiger partial charge in [-0.2, -0.15) is 0 Å². The molecule has 6 nitrogen and oxygen atoms in total. The Hall–Kier alpha value is -1.43. The second-order valence-electron chi connectivity index (χ2n) is 10.9. The molecule has 4 aliphatic carbocycles. The molecule has 1 heterocycles. The number of nitrogens with one attached hydrogen (secondary N) is 1. The zero-order valence-electron chi connectivity index (χ0n) is 18.8. The molecule has 0 bridgehead atoms. The number of hydrogen-bond donors (Lipinski definition) is 1. The summed E-state index contributed by atoms with van der Waals surface area (Å²) in [6.07, 6.45) is 9.39. The van der Waals surface area contributed by atoms with Gasteiger partial charge in [-0.25, -0.2) is 0 Å². The second-order valence-corrected chi connectivity index (χ2v) is 10.9. The summed E-state index contributed by atoms with van der Waals surface area (Å²) in [5.41, 5.74) is 2.57. The van der Waals surface area contributed by atoms with Crippen LogP contribution < -0.4 is 5.32 Å². The Balaban J connectivity index is 1.40. The fraction of sp³-hybridized carbons (Fsp3) is 0.875. The molecule has 1 aliphatic heterocycles. The Morgan fingerprint density at radius 1 is 1.03 bits per heavy atom. The van der Waals surface area contributed by atoms with Gasteiger partial charge in [0.05, 0.1) is 11.4 Å². The quantitative estimate of drug-likeness (QED) is 0.709. The molecule has 6 heteroatoms. The number of ketones is 1. The van der Waals surface area contributed by atoms with E-state index in [9.17, 15) is 4.79 Å². The van der Waals surface area contributed by atoms with E-state index in [1.165, 1.54) is 17.8 Å². The number of rotatable bonds is 3. The molecule has 1 N–H and O–H groups in total. The molecule has 5 fully saturated rings. The molecule has 7 atom stereocenters. The van der Waals surface area contributed by atoms with Crippen molar-refractivity contribution in [3.63, 3.8) is 0 Å². The Labute approximate surface area is 180 Å². The lowest BCUT2D eigenvalue weighted by Gasteiger charge is -2.59. The number of carbonyl (C=O) groups excluding carboxylic acids is 1. The van der Waals surface area contributed by atoms with E-state index in [1.807, 2.05) is 0 Å². The number of oxime groups is 2. The van der Waals surface area contributed by atoms with Gasteiger partial charge in [0.15, 0.2) is 0 Å². The molecular formula is C24H37N3O3. The third-order valence-electron chi connectivity index (χ3n) is 9.59. The van der Waals surface area contributed by atoms with Gasteiger partial charge in [0, 0.05) is 30.7 Å². The lowest BCUT2D eigenvalue weighted by Crippen LogP contribution is -2.57. The first-order valence-corrected chi connectivity index (χ1v) is 12.0. The standard InChI is InChI=1S/C24H37N3O3/c1-23-9-6-16(26-30-17-8-11-25-14-17)12-15(23)13-20(27-29-3)22-18-4-5-21(28)24(18,2)10-7-19(22)23/h15,17-19,22,25H,4-14H2,1-3H3/b26-16?,27-20+/t15?,17-,18+,19+,22+,23+,24+/m1/s1. The zero-order chi connectivity index (χ0) is 20.9. The van der Waals surface area contributed by atoms with Gasteiger partial charge in [-0.1, -0.05) is 24.2 Å². The van der Waals surface area contributed by atoms with Gasteiger partial charge in [0.25, 0.3) is 0 Å². The van der Waals surface area contributed by atoms with Crippen LogP contribution in [-0.4, -0.2) is 43.5 Å². The van der Waals surface area contributed by atoms with Crippen LogP contribution in [0, 0.1) is 34.5 Å². The van der Waals surface area contributed by atoms with E-state index >= 15 is 0 Å². The van der Waals surface area contributed by atoms with Crippen LogP contribution in [0.2, 0.25) is 0 Å². The van der Waals surface area contributed by atoms with Gasteiger partial charge >= 0.3 is 0 Å². The Kier molecular flexibility index (Phi) is 5.19. The van der Waals surface area contributed by atoms with Crippen molar-refractivity contribution in [2.24, 2.45) is 44.8 Å². The van der Waals surface area contributed by atoms with Gasteiger partial charge in [-0.15, -0.1) is 0 Å². The highest BCUT2D eigenvalue weighted by Gasteiger charge is 2.62. The van der Waals surface area contributed by atoms with E-state index < -0.39 is 0 Å². The molecule has 5 aliphatic rings. The average molecular weight is 416 g/mol. The summed E-state index contributed by atoms with van der Waals surface area (Å²) in [5, 5.41) is 12.5. The summed E-state index contributed by atoms with van der Waals surface area (Å²) in [5.74, 6) is 2.44. The number of Topliss-reactive ketones (excluding diaryl/α,β-unsaturated/α-hetero) is 1. The minimum atomic E-state index is -0.149. The number of fused-ring (bicyclic) bond motifs is 5. The van der Waals surface area contributed by atoms with E-state index in [1.54, 1.807) is 7.11 Å². The molecule has 1 saturated heterocycles. The molecule has 1 unspecified atom stereocenters. The lowest BCUT2D eigenvalue weighted by molar-refractivity contribution is -0.131. The van der Waals surface area contributed by atoms with Crippen molar-refractivity contribution in [3.05, 3.63) is 0 Å². The van der Waals surface area contributed by atoms with Crippen LogP contribution >= 0.6 is 0 Å². The van der Waals surface area contributed by atoms with Crippen molar-refractivity contribution in [1.29, 1.82) is 0 Å². The van der Waals surface area contributed by atoms with Crippen molar-refractivity contribution in [2.75, 3.05) is 20.2 Å². The third kappa shape index (κ3) is 3.12.